The molecule has 0 amide bonds. The van der Waals surface area contributed by atoms with Gasteiger partial charge in [-0.25, -0.2) is 4.79 Å². The van der Waals surface area contributed by atoms with Crippen molar-refractivity contribution < 1.29 is 14.7 Å². The second-order valence-corrected chi connectivity index (χ2v) is 3.18. The molecule has 0 fully saturated rings. The van der Waals surface area contributed by atoms with Crippen molar-refractivity contribution in [1.29, 1.82) is 0 Å². The molecule has 0 atom stereocenters. The third-order valence-corrected chi connectivity index (χ3v) is 2.03. The first-order chi connectivity index (χ1) is 7.15. The Bertz CT molecular complexity index is 405. The van der Waals surface area contributed by atoms with Gasteiger partial charge in [-0.15, -0.1) is 0 Å². The van der Waals surface area contributed by atoms with E-state index in [1.165, 1.54) is 0 Å². The van der Waals surface area contributed by atoms with E-state index >= 15 is 0 Å². The van der Waals surface area contributed by atoms with Crippen LogP contribution < -0.4 is 0 Å². The number of carboxylic acid groups (broad SMARTS) is 1. The average Bonchev–Trinajstić information content (AvgIpc) is 2.20. The fraction of sp³-hybridized carbons (Fsp3) is 0.167. The van der Waals surface area contributed by atoms with Crippen LogP contribution in [0, 0.1) is 6.92 Å². The normalized spacial score (nSPS) is 10.5. The molecule has 1 N–H and O–H groups in total. The average molecular weight is 204 g/mol. The van der Waals surface area contributed by atoms with Gasteiger partial charge < -0.3 is 9.90 Å². The van der Waals surface area contributed by atoms with Crippen molar-refractivity contribution in [2.75, 3.05) is 0 Å². The first-order valence-corrected chi connectivity index (χ1v) is 4.59. The molecule has 0 aliphatic heterocycles. The Hall–Kier alpha value is -1.90. The molecular weight excluding hydrogens is 192 g/mol. The van der Waals surface area contributed by atoms with E-state index in [4.69, 9.17) is 5.11 Å². The van der Waals surface area contributed by atoms with Crippen LogP contribution in [0.5, 0.6) is 0 Å². The van der Waals surface area contributed by atoms with E-state index in [-0.39, 0.29) is 0 Å². The molecule has 0 aliphatic carbocycles. The molecule has 0 saturated heterocycles. The number of hydrogen-bond acceptors (Lipinski definition) is 2. The van der Waals surface area contributed by atoms with Gasteiger partial charge in [0.15, 0.2) is 0 Å². The molecule has 0 radical (unpaired) electrons. The Morgan fingerprint density at radius 3 is 2.80 bits per heavy atom. The summed E-state index contributed by atoms with van der Waals surface area (Å²) in [6, 6.07) is 5.17. The summed E-state index contributed by atoms with van der Waals surface area (Å²) in [6.45, 7) is 1.75. The van der Waals surface area contributed by atoms with Crippen molar-refractivity contribution in [2.45, 2.75) is 13.3 Å². The molecule has 1 rings (SSSR count). The summed E-state index contributed by atoms with van der Waals surface area (Å²) in [5, 5.41) is 8.88. The second kappa shape index (κ2) is 5.10. The number of allylic oxidation sites excluding steroid dienone is 1. The SMILES string of the molecule is Cc1ccc(C=CCC=O)cc1C(=O)O. The highest BCUT2D eigenvalue weighted by Crippen LogP contribution is 2.12. The highest BCUT2D eigenvalue weighted by molar-refractivity contribution is 5.90. The van der Waals surface area contributed by atoms with Gasteiger partial charge in [-0.3, -0.25) is 0 Å². The van der Waals surface area contributed by atoms with Crippen molar-refractivity contribution >= 4 is 18.3 Å². The fourth-order valence-corrected chi connectivity index (χ4v) is 1.23. The zero-order valence-corrected chi connectivity index (χ0v) is 8.43. The van der Waals surface area contributed by atoms with Gasteiger partial charge in [-0.2, -0.15) is 0 Å². The molecule has 78 valence electrons. The third kappa shape index (κ3) is 3.06. The molecule has 3 heteroatoms. The highest BCUT2D eigenvalue weighted by Gasteiger charge is 2.06. The van der Waals surface area contributed by atoms with Crippen molar-refractivity contribution in [2.24, 2.45) is 0 Å². The Labute approximate surface area is 88.0 Å². The van der Waals surface area contributed by atoms with Crippen LogP contribution in [0.15, 0.2) is 24.3 Å². The van der Waals surface area contributed by atoms with Gasteiger partial charge in [0.2, 0.25) is 0 Å². The number of carbonyl (C=O) groups is 2. The summed E-state index contributed by atoms with van der Waals surface area (Å²) in [6.07, 6.45) is 4.57. The number of aromatic carboxylic acids is 1. The summed E-state index contributed by atoms with van der Waals surface area (Å²) in [7, 11) is 0. The predicted octanol–water partition coefficient (Wildman–Crippen LogP) is 2.30. The third-order valence-electron chi connectivity index (χ3n) is 2.03. The highest BCUT2D eigenvalue weighted by atomic mass is 16.4. The second-order valence-electron chi connectivity index (χ2n) is 3.18. The van der Waals surface area contributed by atoms with Gasteiger partial charge in [0.05, 0.1) is 5.56 Å². The van der Waals surface area contributed by atoms with E-state index in [0.717, 1.165) is 17.4 Å². The lowest BCUT2D eigenvalue weighted by Crippen LogP contribution is -1.99. The summed E-state index contributed by atoms with van der Waals surface area (Å²) in [5.74, 6) is -0.932. The minimum Gasteiger partial charge on any atom is -0.478 e. The monoisotopic (exact) mass is 204 g/mol. The maximum absolute atomic E-state index is 10.8. The van der Waals surface area contributed by atoms with Crippen molar-refractivity contribution in [3.05, 3.63) is 41.0 Å². The zero-order chi connectivity index (χ0) is 11.3. The van der Waals surface area contributed by atoms with Crippen LogP contribution in [0.1, 0.15) is 27.9 Å². The van der Waals surface area contributed by atoms with Crippen molar-refractivity contribution in [3.8, 4) is 0 Å². The lowest BCUT2D eigenvalue weighted by molar-refractivity contribution is -0.107. The number of hydrogen-bond donors (Lipinski definition) is 1. The van der Waals surface area contributed by atoms with Crippen LogP contribution in [0.3, 0.4) is 0 Å². The zero-order valence-electron chi connectivity index (χ0n) is 8.43. The Morgan fingerprint density at radius 1 is 1.47 bits per heavy atom. The van der Waals surface area contributed by atoms with Gasteiger partial charge in [-0.1, -0.05) is 24.3 Å². The fourth-order valence-electron chi connectivity index (χ4n) is 1.23. The van der Waals surface area contributed by atoms with Crippen LogP contribution in [-0.4, -0.2) is 17.4 Å². The summed E-state index contributed by atoms with van der Waals surface area (Å²) >= 11 is 0. The van der Waals surface area contributed by atoms with Gasteiger partial charge >= 0.3 is 5.97 Å². The first-order valence-electron chi connectivity index (χ1n) is 4.59. The van der Waals surface area contributed by atoms with Gasteiger partial charge in [0.25, 0.3) is 0 Å². The quantitative estimate of drug-likeness (QED) is 0.765. The van der Waals surface area contributed by atoms with Gasteiger partial charge in [0, 0.05) is 6.42 Å². The van der Waals surface area contributed by atoms with E-state index in [1.54, 1.807) is 31.2 Å². The molecule has 1 aromatic rings. The van der Waals surface area contributed by atoms with Crippen LogP contribution in [-0.2, 0) is 4.79 Å². The van der Waals surface area contributed by atoms with Crippen LogP contribution in [0.25, 0.3) is 6.08 Å². The maximum atomic E-state index is 10.8. The molecule has 0 heterocycles. The first kappa shape index (κ1) is 11.2. The number of rotatable bonds is 4. The minimum absolute atomic E-state index is 0.295. The van der Waals surface area contributed by atoms with Gasteiger partial charge in [0.1, 0.15) is 6.29 Å². The largest absolute Gasteiger partial charge is 0.478 e. The summed E-state index contributed by atoms with van der Waals surface area (Å²) in [5.41, 5.74) is 1.82. The Balaban J connectivity index is 2.97. The van der Waals surface area contributed by atoms with Crippen LogP contribution >= 0.6 is 0 Å². The molecule has 0 unspecified atom stereocenters. The maximum Gasteiger partial charge on any atom is 0.335 e. The molecule has 0 saturated carbocycles. The lowest BCUT2D eigenvalue weighted by atomic mass is 10.0. The molecule has 15 heavy (non-hydrogen) atoms. The van der Waals surface area contributed by atoms with Crippen molar-refractivity contribution in [3.63, 3.8) is 0 Å². The van der Waals surface area contributed by atoms with E-state index in [2.05, 4.69) is 0 Å². The minimum atomic E-state index is -0.932. The molecule has 0 bridgehead atoms. The standard InChI is InChI=1S/C12H12O3/c1-9-5-6-10(4-2-3-7-13)8-11(9)12(14)15/h2,4-8H,3H2,1H3,(H,14,15). The summed E-state index contributed by atoms with van der Waals surface area (Å²) < 4.78 is 0. The van der Waals surface area contributed by atoms with Crippen LogP contribution in [0.4, 0.5) is 0 Å². The number of carboxylic acids is 1. The van der Waals surface area contributed by atoms with E-state index in [9.17, 15) is 9.59 Å². The molecule has 3 nitrogen and oxygen atoms in total. The number of aryl methyl sites for hydroxylation is 1. The Morgan fingerprint density at radius 2 is 2.20 bits per heavy atom. The van der Waals surface area contributed by atoms with E-state index in [1.807, 2.05) is 6.07 Å². The molecule has 0 aromatic heterocycles. The molecular formula is C12H12O3. The smallest absolute Gasteiger partial charge is 0.335 e. The topological polar surface area (TPSA) is 54.4 Å². The number of aldehydes is 1. The predicted molar refractivity (Wildman–Crippen MR) is 57.9 cm³/mol. The van der Waals surface area contributed by atoms with Gasteiger partial charge in [-0.05, 0) is 24.1 Å². The summed E-state index contributed by atoms with van der Waals surface area (Å²) in [4.78, 5) is 20.9. The van der Waals surface area contributed by atoms with Crippen LogP contribution in [0.2, 0.25) is 0 Å². The van der Waals surface area contributed by atoms with E-state index < -0.39 is 5.97 Å². The molecule has 1 aromatic carbocycles. The number of benzene rings is 1. The number of carbonyl (C=O) groups excluding carboxylic acids is 1. The Kier molecular flexibility index (Phi) is 3.80. The van der Waals surface area contributed by atoms with E-state index in [0.29, 0.717) is 12.0 Å². The van der Waals surface area contributed by atoms with Crippen molar-refractivity contribution in [1.82, 2.24) is 0 Å². The molecule has 0 spiro atoms. The molecule has 0 aliphatic rings. The lowest BCUT2D eigenvalue weighted by Gasteiger charge is -2.01.